The summed E-state index contributed by atoms with van der Waals surface area (Å²) in [5, 5.41) is 0. The normalized spacial score (nSPS) is 15.1. The Balaban J connectivity index is 0.000000178. The van der Waals surface area contributed by atoms with Crippen LogP contribution in [0.25, 0.3) is 33.5 Å². The van der Waals surface area contributed by atoms with Gasteiger partial charge in [0.25, 0.3) is 0 Å². The van der Waals surface area contributed by atoms with Crippen molar-refractivity contribution >= 4 is 88.8 Å². The van der Waals surface area contributed by atoms with Crippen molar-refractivity contribution in [2.24, 2.45) is 10.8 Å². The number of aromatic amines is 1. The number of halogens is 1. The van der Waals surface area contributed by atoms with E-state index in [1.165, 1.54) is 57.4 Å². The third-order valence-corrected chi connectivity index (χ3v) is 16.9. The molecule has 0 amide bonds. The van der Waals surface area contributed by atoms with Gasteiger partial charge in [0, 0.05) is 85.0 Å². The number of Topliss-reactive ketones (excluding diaryl/α,β-unsaturated/α-hetero) is 2. The van der Waals surface area contributed by atoms with Crippen LogP contribution in [0.5, 0.6) is 0 Å². The van der Waals surface area contributed by atoms with Crippen LogP contribution in [0, 0.1) is 10.8 Å². The molecule has 0 aliphatic heterocycles. The van der Waals surface area contributed by atoms with Gasteiger partial charge in [-0.15, -0.1) is 0 Å². The van der Waals surface area contributed by atoms with E-state index in [-0.39, 0.29) is 11.6 Å². The molecule has 0 bridgehead atoms. The molecule has 2 aliphatic carbocycles. The van der Waals surface area contributed by atoms with Crippen LogP contribution in [-0.4, -0.2) is 111 Å². The van der Waals surface area contributed by atoms with Crippen LogP contribution in [-0.2, 0) is 22.9 Å². The van der Waals surface area contributed by atoms with Crippen molar-refractivity contribution in [3.63, 3.8) is 0 Å². The number of fused-ring (bicyclic) bond motifs is 3. The van der Waals surface area contributed by atoms with E-state index in [1.807, 2.05) is 75.3 Å². The SMILES string of the molecule is CN(c1cnc2[nH]cc(C(=O)C(C)(C)C)c2n1)C1CCCC1.CN(c1cnc2c(n1)c(C(=O)C(C)(C)C)cn2COCC[Si](C)(C)C)C1CCCC1.C[Si](C)(C)CCOCn1ccc2nc(Br)cnc21. The van der Waals surface area contributed by atoms with E-state index in [0.717, 1.165) is 52.3 Å². The summed E-state index contributed by atoms with van der Waals surface area (Å²) in [5.74, 6) is 1.87. The summed E-state index contributed by atoms with van der Waals surface area (Å²) < 4.78 is 16.3. The molecule has 0 atom stereocenters. The van der Waals surface area contributed by atoms with E-state index in [2.05, 4.69) is 99.0 Å². The molecule has 70 heavy (non-hydrogen) atoms. The molecule has 2 fully saturated rings. The van der Waals surface area contributed by atoms with E-state index in [4.69, 9.17) is 24.4 Å². The van der Waals surface area contributed by atoms with Gasteiger partial charge in [-0.1, -0.05) is 107 Å². The molecule has 8 rings (SSSR count). The molecule has 15 nitrogen and oxygen atoms in total. The number of anilines is 2. The van der Waals surface area contributed by atoms with E-state index in [1.54, 1.807) is 18.6 Å². The van der Waals surface area contributed by atoms with Gasteiger partial charge in [0.2, 0.25) is 0 Å². The van der Waals surface area contributed by atoms with Crippen LogP contribution in [0.3, 0.4) is 0 Å². The minimum atomic E-state index is -1.14. The number of carbonyl (C=O) groups is 2. The van der Waals surface area contributed by atoms with Crippen molar-refractivity contribution in [3.05, 3.63) is 59.0 Å². The Bertz CT molecular complexity index is 2700. The van der Waals surface area contributed by atoms with Crippen molar-refractivity contribution < 1.29 is 19.1 Å². The highest BCUT2D eigenvalue weighted by Gasteiger charge is 2.30. The molecular weight excluding hydrogens is 979 g/mol. The van der Waals surface area contributed by atoms with Crippen molar-refractivity contribution in [3.8, 4) is 0 Å². The second-order valence-corrected chi connectivity index (χ2v) is 35.7. The molecule has 1 N–H and O–H groups in total. The van der Waals surface area contributed by atoms with Gasteiger partial charge in [0.1, 0.15) is 46.3 Å². The summed E-state index contributed by atoms with van der Waals surface area (Å²) >= 11 is 3.32. The average molecular weight is 1060 g/mol. The van der Waals surface area contributed by atoms with Crippen molar-refractivity contribution in [1.29, 1.82) is 0 Å². The molecule has 0 aromatic carbocycles. The van der Waals surface area contributed by atoms with Crippen molar-refractivity contribution in [1.82, 2.24) is 44.0 Å². The maximum absolute atomic E-state index is 13.2. The van der Waals surface area contributed by atoms with Gasteiger partial charge in [-0.05, 0) is 59.8 Å². The lowest BCUT2D eigenvalue weighted by molar-refractivity contribution is 0.0846. The van der Waals surface area contributed by atoms with Gasteiger partial charge in [-0.2, -0.15) is 0 Å². The van der Waals surface area contributed by atoms with Gasteiger partial charge in [-0.25, -0.2) is 29.9 Å². The molecule has 2 aliphatic rings. The summed E-state index contributed by atoms with van der Waals surface area (Å²) in [5.41, 5.74) is 4.89. The Morgan fingerprint density at radius 3 is 1.70 bits per heavy atom. The molecule has 18 heteroatoms. The summed E-state index contributed by atoms with van der Waals surface area (Å²) in [6.45, 7) is 28.2. The number of H-pyrrole nitrogens is 1. The first kappa shape index (κ1) is 55.0. The maximum atomic E-state index is 13.2. The Labute approximate surface area is 426 Å². The second kappa shape index (κ2) is 23.0. The number of nitrogens with zero attached hydrogens (tertiary/aromatic N) is 10. The number of hydrogen-bond donors (Lipinski definition) is 1. The molecule has 6 aromatic heterocycles. The molecular formula is C52H80BrN11O4Si2. The van der Waals surface area contributed by atoms with Gasteiger partial charge < -0.3 is 33.4 Å². The number of rotatable bonds is 16. The predicted molar refractivity (Wildman–Crippen MR) is 294 cm³/mol. The second-order valence-electron chi connectivity index (χ2n) is 23.7. The standard InChI is InChI=1S/C23H38N4O2Si.C17H24N4O.C12H18BrN3OSi/c1-23(2,3)21(28)18-15-27(16-29-12-13-30(5,6)7)22-20(18)25-19(14-24-22)26(4)17-10-8-9-11-17;1-17(2,3)15(22)12-9-18-16-14(12)20-13(10-19-16)21(4)11-7-5-6-8-11;1-18(2,3)7-6-17-9-16-5-4-10-12(16)14-8-11(13)15-10/h14-15,17H,8-13,16H2,1-7H3;9-11H,5-8H2,1-4H3,(H,18,19);4-5,8H,6-7,9H2,1-3H3. The average Bonchev–Trinajstić information content (AvgIpc) is 4.15. The van der Waals surface area contributed by atoms with Crippen LogP contribution >= 0.6 is 15.9 Å². The summed E-state index contributed by atoms with van der Waals surface area (Å²) in [6.07, 6.45) is 20.8. The first-order valence-corrected chi connectivity index (χ1v) is 33.4. The fourth-order valence-corrected chi connectivity index (χ4v) is 10.4. The van der Waals surface area contributed by atoms with Crippen LogP contribution < -0.4 is 9.80 Å². The lowest BCUT2D eigenvalue weighted by Crippen LogP contribution is -2.29. The zero-order valence-corrected chi connectivity index (χ0v) is 48.2. The molecule has 0 unspecified atom stereocenters. The minimum absolute atomic E-state index is 0.0864. The number of carbonyl (C=O) groups excluding carboxylic acids is 2. The highest BCUT2D eigenvalue weighted by molar-refractivity contribution is 9.10. The zero-order chi connectivity index (χ0) is 51.2. The largest absolute Gasteiger partial charge is 0.361 e. The zero-order valence-electron chi connectivity index (χ0n) is 44.6. The molecule has 2 saturated carbocycles. The first-order chi connectivity index (χ1) is 32.8. The third kappa shape index (κ3) is 14.6. The van der Waals surface area contributed by atoms with Crippen LogP contribution in [0.2, 0.25) is 51.4 Å². The number of aromatic nitrogens is 9. The van der Waals surface area contributed by atoms with Crippen LogP contribution in [0.15, 0.2) is 47.9 Å². The Morgan fingerprint density at radius 2 is 1.17 bits per heavy atom. The number of nitrogens with one attached hydrogen (secondary N) is 1. The van der Waals surface area contributed by atoms with Gasteiger partial charge in [0.15, 0.2) is 28.5 Å². The van der Waals surface area contributed by atoms with Crippen molar-refractivity contribution in [2.75, 3.05) is 37.1 Å². The molecule has 0 radical (unpaired) electrons. The van der Waals surface area contributed by atoms with Crippen LogP contribution in [0.4, 0.5) is 11.6 Å². The summed E-state index contributed by atoms with van der Waals surface area (Å²) in [6, 6.07) is 5.29. The fourth-order valence-electron chi connectivity index (χ4n) is 8.59. The lowest BCUT2D eigenvalue weighted by Gasteiger charge is -2.25. The highest BCUT2D eigenvalue weighted by Crippen LogP contribution is 2.32. The number of ketones is 2. The van der Waals surface area contributed by atoms with Gasteiger partial charge in [-0.3, -0.25) is 9.59 Å². The van der Waals surface area contributed by atoms with Crippen molar-refractivity contribution in [2.45, 2.75) is 170 Å². The minimum Gasteiger partial charge on any atom is -0.361 e. The van der Waals surface area contributed by atoms with Crippen LogP contribution in [0.1, 0.15) is 114 Å². The monoisotopic (exact) mass is 1060 g/mol. The molecule has 382 valence electrons. The van der Waals surface area contributed by atoms with Gasteiger partial charge in [0.05, 0.1) is 29.7 Å². The first-order valence-electron chi connectivity index (χ1n) is 25.2. The Kier molecular flexibility index (Phi) is 18.1. The topological polar surface area (TPSA) is 162 Å². The molecule has 6 aromatic rings. The fraction of sp³-hybridized carbons (Fsp3) is 0.615. The Hall–Kier alpha value is -4.37. The van der Waals surface area contributed by atoms with E-state index in [9.17, 15) is 9.59 Å². The summed E-state index contributed by atoms with van der Waals surface area (Å²) in [7, 11) is 2.01. The number of ether oxygens (including phenoxy) is 2. The highest BCUT2D eigenvalue weighted by atomic mass is 79.9. The van der Waals surface area contributed by atoms with Gasteiger partial charge >= 0.3 is 0 Å². The third-order valence-electron chi connectivity index (χ3n) is 13.1. The molecule has 0 spiro atoms. The molecule has 6 heterocycles. The van der Waals surface area contributed by atoms with E-state index in [0.29, 0.717) is 53.4 Å². The van der Waals surface area contributed by atoms with E-state index < -0.39 is 27.0 Å². The molecule has 0 saturated heterocycles. The maximum Gasteiger partial charge on any atom is 0.171 e. The predicted octanol–water partition coefficient (Wildman–Crippen LogP) is 12.4. The summed E-state index contributed by atoms with van der Waals surface area (Å²) in [4.78, 5) is 60.7. The smallest absolute Gasteiger partial charge is 0.171 e. The Morgan fingerprint density at radius 1 is 0.686 bits per heavy atom. The lowest BCUT2D eigenvalue weighted by atomic mass is 9.87. The number of hydrogen-bond acceptors (Lipinski definition) is 12. The van der Waals surface area contributed by atoms with E-state index >= 15 is 0 Å². The quantitative estimate of drug-likeness (QED) is 0.0555.